The van der Waals surface area contributed by atoms with Crippen LogP contribution in [0.5, 0.6) is 0 Å². The van der Waals surface area contributed by atoms with Crippen molar-refractivity contribution in [2.75, 3.05) is 5.32 Å². The van der Waals surface area contributed by atoms with E-state index in [9.17, 15) is 9.59 Å². The molecule has 0 bridgehead atoms. The number of carbonyl (C=O) groups is 2. The summed E-state index contributed by atoms with van der Waals surface area (Å²) in [6.07, 6.45) is 1.22. The zero-order valence-electron chi connectivity index (χ0n) is 11.9. The van der Waals surface area contributed by atoms with Gasteiger partial charge in [0.25, 0.3) is 0 Å². The maximum Gasteiger partial charge on any atom is 0.240 e. The summed E-state index contributed by atoms with van der Waals surface area (Å²) in [4.78, 5) is 24.6. The smallest absolute Gasteiger partial charge is 0.240 e. The molecule has 108 valence electrons. The fourth-order valence-electron chi connectivity index (χ4n) is 1.93. The van der Waals surface area contributed by atoms with E-state index in [1.54, 1.807) is 12.1 Å². The highest BCUT2D eigenvalue weighted by molar-refractivity contribution is 9.10. The minimum Gasteiger partial charge on any atom is -0.351 e. The van der Waals surface area contributed by atoms with E-state index in [2.05, 4.69) is 26.6 Å². The molecule has 0 aliphatic heterocycles. The van der Waals surface area contributed by atoms with Crippen molar-refractivity contribution in [1.29, 1.82) is 0 Å². The monoisotopic (exact) mass is 338 g/mol. The molecule has 0 radical (unpaired) electrons. The van der Waals surface area contributed by atoms with Crippen LogP contribution in [0.3, 0.4) is 0 Å². The van der Waals surface area contributed by atoms with Gasteiger partial charge in [-0.05, 0) is 57.9 Å². The van der Waals surface area contributed by atoms with Crippen LogP contribution in [0.2, 0.25) is 0 Å². The highest BCUT2D eigenvalue weighted by atomic mass is 79.9. The lowest BCUT2D eigenvalue weighted by Gasteiger charge is -2.24. The largest absolute Gasteiger partial charge is 0.351 e. The Hall–Kier alpha value is -1.36. The van der Waals surface area contributed by atoms with Gasteiger partial charge in [0.15, 0.2) is 0 Å². The summed E-state index contributed by atoms with van der Waals surface area (Å²) in [5, 5.41) is 5.71. The summed E-state index contributed by atoms with van der Waals surface area (Å²) in [5.41, 5.74) is -0.515. The van der Waals surface area contributed by atoms with Crippen LogP contribution >= 0.6 is 15.9 Å². The van der Waals surface area contributed by atoms with Crippen LogP contribution in [-0.4, -0.2) is 17.4 Å². The van der Waals surface area contributed by atoms with Gasteiger partial charge >= 0.3 is 0 Å². The lowest BCUT2D eigenvalue weighted by Crippen LogP contribution is -2.48. The average molecular weight is 339 g/mol. The van der Waals surface area contributed by atoms with Crippen molar-refractivity contribution in [3.05, 3.63) is 28.7 Å². The van der Waals surface area contributed by atoms with E-state index in [4.69, 9.17) is 0 Å². The minimum atomic E-state index is -0.889. The van der Waals surface area contributed by atoms with Crippen molar-refractivity contribution in [2.24, 2.45) is 5.41 Å². The molecule has 0 unspecified atom stereocenters. The lowest BCUT2D eigenvalue weighted by atomic mass is 10.0. The SMILES string of the molecule is CC(C)(C)NC(=O)C1(C(=O)Nc2ccc(Br)cc2)CC1. The number of anilines is 1. The van der Waals surface area contributed by atoms with Gasteiger partial charge < -0.3 is 10.6 Å². The molecular formula is C15H19BrN2O2. The second-order valence-corrected chi connectivity index (χ2v) is 7.16. The van der Waals surface area contributed by atoms with Gasteiger partial charge in [0.05, 0.1) is 0 Å². The van der Waals surface area contributed by atoms with E-state index >= 15 is 0 Å². The van der Waals surface area contributed by atoms with Gasteiger partial charge in [0.2, 0.25) is 11.8 Å². The third-order valence-corrected chi connectivity index (χ3v) is 3.74. The summed E-state index contributed by atoms with van der Waals surface area (Å²) < 4.78 is 0.946. The van der Waals surface area contributed by atoms with E-state index in [1.165, 1.54) is 0 Å². The number of benzene rings is 1. The second kappa shape index (κ2) is 5.20. The fourth-order valence-corrected chi connectivity index (χ4v) is 2.19. The van der Waals surface area contributed by atoms with Crippen molar-refractivity contribution >= 4 is 33.4 Å². The molecule has 0 aromatic heterocycles. The van der Waals surface area contributed by atoms with Crippen molar-refractivity contribution in [2.45, 2.75) is 39.2 Å². The van der Waals surface area contributed by atoms with E-state index in [-0.39, 0.29) is 17.4 Å². The van der Waals surface area contributed by atoms with Crippen LogP contribution in [0, 0.1) is 5.41 Å². The molecule has 1 aromatic rings. The van der Waals surface area contributed by atoms with E-state index in [1.807, 2.05) is 32.9 Å². The Morgan fingerprint density at radius 3 is 2.10 bits per heavy atom. The molecule has 2 rings (SSSR count). The maximum absolute atomic E-state index is 12.3. The molecule has 2 amide bonds. The average Bonchev–Trinajstić information content (AvgIpc) is 3.11. The first-order valence-corrected chi connectivity index (χ1v) is 7.42. The standard InChI is InChI=1S/C15H19BrN2O2/c1-14(2,3)18-13(20)15(8-9-15)12(19)17-11-6-4-10(16)5-7-11/h4-7H,8-9H2,1-3H3,(H,17,19)(H,18,20). The third-order valence-electron chi connectivity index (χ3n) is 3.21. The van der Waals surface area contributed by atoms with Gasteiger partial charge in [-0.1, -0.05) is 15.9 Å². The van der Waals surface area contributed by atoms with Gasteiger partial charge in [-0.2, -0.15) is 0 Å². The predicted molar refractivity (Wildman–Crippen MR) is 82.3 cm³/mol. The topological polar surface area (TPSA) is 58.2 Å². The van der Waals surface area contributed by atoms with Gasteiger partial charge in [0, 0.05) is 15.7 Å². The number of amides is 2. The summed E-state index contributed by atoms with van der Waals surface area (Å²) in [6, 6.07) is 7.31. The Balaban J connectivity index is 2.05. The number of hydrogen-bond donors (Lipinski definition) is 2. The van der Waals surface area contributed by atoms with Crippen LogP contribution in [0.15, 0.2) is 28.7 Å². The first kappa shape index (κ1) is 15.0. The van der Waals surface area contributed by atoms with E-state index < -0.39 is 5.41 Å². The fraction of sp³-hybridized carbons (Fsp3) is 0.467. The predicted octanol–water partition coefficient (Wildman–Crippen LogP) is 3.08. The summed E-state index contributed by atoms with van der Waals surface area (Å²) >= 11 is 3.34. The van der Waals surface area contributed by atoms with Crippen LogP contribution in [0.4, 0.5) is 5.69 Å². The Bertz CT molecular complexity index is 528. The van der Waals surface area contributed by atoms with Crippen molar-refractivity contribution in [3.8, 4) is 0 Å². The van der Waals surface area contributed by atoms with Crippen LogP contribution in [0.1, 0.15) is 33.6 Å². The van der Waals surface area contributed by atoms with Gasteiger partial charge in [0.1, 0.15) is 5.41 Å². The molecule has 0 spiro atoms. The molecule has 5 heteroatoms. The Kier molecular flexibility index (Phi) is 3.91. The molecule has 1 aliphatic rings. The van der Waals surface area contributed by atoms with Gasteiger partial charge in [-0.3, -0.25) is 9.59 Å². The Labute approximate surface area is 127 Å². The van der Waals surface area contributed by atoms with E-state index in [0.717, 1.165) is 4.47 Å². The molecule has 1 aromatic carbocycles. The van der Waals surface area contributed by atoms with Crippen molar-refractivity contribution in [1.82, 2.24) is 5.32 Å². The lowest BCUT2D eigenvalue weighted by molar-refractivity contribution is -0.135. The molecule has 4 nitrogen and oxygen atoms in total. The van der Waals surface area contributed by atoms with Crippen LogP contribution < -0.4 is 10.6 Å². The molecule has 2 N–H and O–H groups in total. The van der Waals surface area contributed by atoms with Crippen molar-refractivity contribution < 1.29 is 9.59 Å². The third kappa shape index (κ3) is 3.39. The molecule has 0 saturated heterocycles. The summed E-state index contributed by atoms with van der Waals surface area (Å²) in [5.74, 6) is -0.402. The quantitative estimate of drug-likeness (QED) is 0.832. The van der Waals surface area contributed by atoms with Crippen LogP contribution in [0.25, 0.3) is 0 Å². The summed E-state index contributed by atoms with van der Waals surface area (Å²) in [6.45, 7) is 5.73. The number of hydrogen-bond acceptors (Lipinski definition) is 2. The molecule has 1 saturated carbocycles. The molecule has 0 atom stereocenters. The second-order valence-electron chi connectivity index (χ2n) is 6.25. The van der Waals surface area contributed by atoms with Gasteiger partial charge in [-0.15, -0.1) is 0 Å². The first-order valence-electron chi connectivity index (χ1n) is 6.63. The van der Waals surface area contributed by atoms with Gasteiger partial charge in [-0.25, -0.2) is 0 Å². The van der Waals surface area contributed by atoms with E-state index in [0.29, 0.717) is 18.5 Å². The number of rotatable bonds is 3. The molecular weight excluding hydrogens is 320 g/mol. The maximum atomic E-state index is 12.3. The molecule has 1 fully saturated rings. The number of nitrogens with one attached hydrogen (secondary N) is 2. The zero-order valence-corrected chi connectivity index (χ0v) is 13.5. The molecule has 1 aliphatic carbocycles. The Morgan fingerprint density at radius 2 is 1.65 bits per heavy atom. The first-order chi connectivity index (χ1) is 9.23. The molecule has 0 heterocycles. The highest BCUT2D eigenvalue weighted by Crippen LogP contribution is 2.47. The summed E-state index contributed by atoms with van der Waals surface area (Å²) in [7, 11) is 0. The zero-order chi connectivity index (χ0) is 15.0. The van der Waals surface area contributed by atoms with Crippen molar-refractivity contribution in [3.63, 3.8) is 0 Å². The highest BCUT2D eigenvalue weighted by Gasteiger charge is 2.57. The Morgan fingerprint density at radius 1 is 1.10 bits per heavy atom. The van der Waals surface area contributed by atoms with Crippen LogP contribution in [-0.2, 0) is 9.59 Å². The normalized spacial score (nSPS) is 16.4. The number of halogens is 1. The number of carbonyl (C=O) groups excluding carboxylic acids is 2. The minimum absolute atomic E-state index is 0.181. The molecule has 20 heavy (non-hydrogen) atoms.